The number of nitrogens with two attached hydrogens (primary N) is 1. The van der Waals surface area contributed by atoms with Crippen LogP contribution in [0.4, 0.5) is 17.3 Å². The van der Waals surface area contributed by atoms with E-state index in [0.717, 1.165) is 15.7 Å². The van der Waals surface area contributed by atoms with Gasteiger partial charge in [-0.3, -0.25) is 0 Å². The highest BCUT2D eigenvalue weighted by molar-refractivity contribution is 9.10. The van der Waals surface area contributed by atoms with Crippen molar-refractivity contribution in [2.45, 2.75) is 12.1 Å². The zero-order valence-corrected chi connectivity index (χ0v) is 14.0. The lowest BCUT2D eigenvalue weighted by molar-refractivity contribution is 0.971. The van der Waals surface area contributed by atoms with E-state index >= 15 is 0 Å². The summed E-state index contributed by atoms with van der Waals surface area (Å²) < 4.78 is 0.908. The quantitative estimate of drug-likeness (QED) is 0.325. The summed E-state index contributed by atoms with van der Waals surface area (Å²) in [6.45, 7) is 1.95. The molecule has 0 radical (unpaired) electrons. The van der Waals surface area contributed by atoms with Gasteiger partial charge in [0.05, 0.1) is 5.69 Å². The maximum Gasteiger partial charge on any atom is 0.191 e. The van der Waals surface area contributed by atoms with Crippen LogP contribution in [0.5, 0.6) is 0 Å². The Hall–Kier alpha value is -1.02. The minimum Gasteiger partial charge on any atom is -0.339 e. The molecule has 2 aromatic rings. The summed E-state index contributed by atoms with van der Waals surface area (Å²) in [5.74, 6) is 6.58. The van der Waals surface area contributed by atoms with Crippen molar-refractivity contribution in [3.8, 4) is 0 Å². The van der Waals surface area contributed by atoms with Crippen molar-refractivity contribution in [1.82, 2.24) is 9.97 Å². The molecule has 2 rings (SSSR count). The first-order chi connectivity index (χ1) is 9.53. The standard InChI is InChI=1S/C12H13BrClN5S/c1-6-3-7(13)9(4-8(6)14)16-10-5-11(19-15)18-12(17-10)20-2/h3-5H,15H2,1-2H3,(H2,16,17,18,19). The number of aryl methyl sites for hydroxylation is 1. The van der Waals surface area contributed by atoms with Crippen LogP contribution in [0.15, 0.2) is 27.8 Å². The smallest absolute Gasteiger partial charge is 0.191 e. The lowest BCUT2D eigenvalue weighted by Crippen LogP contribution is -2.10. The first-order valence-corrected chi connectivity index (χ1v) is 8.05. The maximum atomic E-state index is 6.14. The number of hydrogen-bond donors (Lipinski definition) is 3. The highest BCUT2D eigenvalue weighted by Crippen LogP contribution is 2.31. The molecule has 1 heterocycles. The largest absolute Gasteiger partial charge is 0.339 e. The zero-order valence-electron chi connectivity index (χ0n) is 10.9. The van der Waals surface area contributed by atoms with E-state index in [2.05, 4.69) is 36.6 Å². The van der Waals surface area contributed by atoms with Crippen LogP contribution in [0.2, 0.25) is 5.02 Å². The van der Waals surface area contributed by atoms with Gasteiger partial charge in [-0.05, 0) is 46.8 Å². The molecule has 1 aromatic heterocycles. The van der Waals surface area contributed by atoms with Crippen molar-refractivity contribution in [1.29, 1.82) is 0 Å². The topological polar surface area (TPSA) is 75.9 Å². The van der Waals surface area contributed by atoms with E-state index in [9.17, 15) is 0 Å². The van der Waals surface area contributed by atoms with Crippen LogP contribution < -0.4 is 16.6 Å². The van der Waals surface area contributed by atoms with Crippen molar-refractivity contribution in [3.05, 3.63) is 33.3 Å². The molecule has 0 atom stereocenters. The number of hydrazine groups is 1. The van der Waals surface area contributed by atoms with E-state index in [1.54, 1.807) is 6.07 Å². The second kappa shape index (κ2) is 6.62. The molecule has 0 saturated heterocycles. The monoisotopic (exact) mass is 373 g/mol. The molecule has 0 bridgehead atoms. The van der Waals surface area contributed by atoms with E-state index in [-0.39, 0.29) is 0 Å². The number of nitrogens with one attached hydrogen (secondary N) is 2. The van der Waals surface area contributed by atoms with E-state index in [1.807, 2.05) is 25.3 Å². The number of nitrogens with zero attached hydrogens (tertiary/aromatic N) is 2. The molecule has 0 saturated carbocycles. The van der Waals surface area contributed by atoms with E-state index in [0.29, 0.717) is 21.8 Å². The number of hydrogen-bond acceptors (Lipinski definition) is 6. The molecule has 106 valence electrons. The lowest BCUT2D eigenvalue weighted by atomic mass is 10.2. The SMILES string of the molecule is CSc1nc(NN)cc(Nc2cc(Cl)c(C)cc2Br)n1. The number of nitrogen functional groups attached to an aromatic ring is 1. The van der Waals surface area contributed by atoms with Crippen molar-refractivity contribution >= 4 is 56.6 Å². The number of thioether (sulfide) groups is 1. The van der Waals surface area contributed by atoms with E-state index in [1.165, 1.54) is 11.8 Å². The van der Waals surface area contributed by atoms with Crippen molar-refractivity contribution in [3.63, 3.8) is 0 Å². The summed E-state index contributed by atoms with van der Waals surface area (Å²) >= 11 is 11.1. The van der Waals surface area contributed by atoms with Gasteiger partial charge in [-0.2, -0.15) is 0 Å². The number of benzene rings is 1. The number of halogens is 2. The Labute approximate surface area is 134 Å². The molecule has 8 heteroatoms. The van der Waals surface area contributed by atoms with Crippen LogP contribution in [-0.4, -0.2) is 16.2 Å². The van der Waals surface area contributed by atoms with Crippen LogP contribution in [0.1, 0.15) is 5.56 Å². The van der Waals surface area contributed by atoms with Gasteiger partial charge in [0.15, 0.2) is 5.16 Å². The molecular formula is C12H13BrClN5S. The summed E-state index contributed by atoms with van der Waals surface area (Å²) in [4.78, 5) is 8.57. The van der Waals surface area contributed by atoms with Crippen LogP contribution in [0.25, 0.3) is 0 Å². The normalized spacial score (nSPS) is 10.4. The third-order valence-corrected chi connectivity index (χ3v) is 4.16. The van der Waals surface area contributed by atoms with Crippen LogP contribution >= 0.6 is 39.3 Å². The third kappa shape index (κ3) is 3.54. The molecule has 20 heavy (non-hydrogen) atoms. The average molecular weight is 375 g/mol. The predicted octanol–water partition coefficient (Wildman–Crippen LogP) is 3.95. The molecule has 0 unspecified atom stereocenters. The molecule has 5 nitrogen and oxygen atoms in total. The highest BCUT2D eigenvalue weighted by Gasteiger charge is 2.08. The van der Waals surface area contributed by atoms with Crippen molar-refractivity contribution < 1.29 is 0 Å². The van der Waals surface area contributed by atoms with Gasteiger partial charge < -0.3 is 10.7 Å². The van der Waals surface area contributed by atoms with Gasteiger partial charge in [0.25, 0.3) is 0 Å². The average Bonchev–Trinajstić information content (AvgIpc) is 2.44. The molecule has 0 amide bonds. The molecular weight excluding hydrogens is 362 g/mol. The summed E-state index contributed by atoms with van der Waals surface area (Å²) in [7, 11) is 0. The lowest BCUT2D eigenvalue weighted by Gasteiger charge is -2.11. The summed E-state index contributed by atoms with van der Waals surface area (Å²) in [5, 5.41) is 4.51. The highest BCUT2D eigenvalue weighted by atomic mass is 79.9. The van der Waals surface area contributed by atoms with Crippen LogP contribution in [-0.2, 0) is 0 Å². The Kier molecular flexibility index (Phi) is 5.09. The van der Waals surface area contributed by atoms with Gasteiger partial charge in [-0.25, -0.2) is 15.8 Å². The fourth-order valence-electron chi connectivity index (χ4n) is 1.53. The molecule has 0 aliphatic rings. The second-order valence-corrected chi connectivity index (χ2v) is 6.01. The second-order valence-electron chi connectivity index (χ2n) is 3.98. The predicted molar refractivity (Wildman–Crippen MR) is 88.8 cm³/mol. The Morgan fingerprint density at radius 3 is 2.60 bits per heavy atom. The Bertz CT molecular complexity index is 615. The van der Waals surface area contributed by atoms with Gasteiger partial charge >= 0.3 is 0 Å². The number of anilines is 3. The first kappa shape index (κ1) is 15.4. The van der Waals surface area contributed by atoms with Crippen LogP contribution in [0.3, 0.4) is 0 Å². The Morgan fingerprint density at radius 1 is 1.25 bits per heavy atom. The van der Waals surface area contributed by atoms with E-state index < -0.39 is 0 Å². The summed E-state index contributed by atoms with van der Waals surface area (Å²) in [6.07, 6.45) is 1.90. The van der Waals surface area contributed by atoms with Crippen LogP contribution in [0, 0.1) is 6.92 Å². The maximum absolute atomic E-state index is 6.14. The molecule has 0 aliphatic heterocycles. The van der Waals surface area contributed by atoms with Gasteiger partial charge in [-0.1, -0.05) is 23.4 Å². The fourth-order valence-corrected chi connectivity index (χ4v) is 2.63. The van der Waals surface area contributed by atoms with Gasteiger partial charge in [0.2, 0.25) is 0 Å². The number of rotatable bonds is 4. The van der Waals surface area contributed by atoms with Crippen molar-refractivity contribution in [2.75, 3.05) is 17.0 Å². The van der Waals surface area contributed by atoms with Gasteiger partial charge in [-0.15, -0.1) is 0 Å². The summed E-state index contributed by atoms with van der Waals surface area (Å²) in [5.41, 5.74) is 4.35. The zero-order chi connectivity index (χ0) is 14.7. The van der Waals surface area contributed by atoms with Gasteiger partial charge in [0, 0.05) is 15.6 Å². The summed E-state index contributed by atoms with van der Waals surface area (Å²) in [6, 6.07) is 5.51. The first-order valence-electron chi connectivity index (χ1n) is 5.66. The molecule has 0 spiro atoms. The fraction of sp³-hybridized carbons (Fsp3) is 0.167. The molecule has 4 N–H and O–H groups in total. The van der Waals surface area contributed by atoms with E-state index in [4.69, 9.17) is 17.4 Å². The molecule has 0 aliphatic carbocycles. The Balaban J connectivity index is 2.36. The Morgan fingerprint density at radius 2 is 1.95 bits per heavy atom. The van der Waals surface area contributed by atoms with Gasteiger partial charge in [0.1, 0.15) is 11.6 Å². The van der Waals surface area contributed by atoms with Crippen molar-refractivity contribution in [2.24, 2.45) is 5.84 Å². The molecule has 0 fully saturated rings. The molecule has 1 aromatic carbocycles. The third-order valence-electron chi connectivity index (χ3n) is 2.55. The minimum atomic E-state index is 0.543. The minimum absolute atomic E-state index is 0.543. The number of aromatic nitrogens is 2.